The van der Waals surface area contributed by atoms with E-state index in [1.54, 1.807) is 25.7 Å². The summed E-state index contributed by atoms with van der Waals surface area (Å²) in [7, 11) is -0.409. The van der Waals surface area contributed by atoms with Gasteiger partial charge in [0.1, 0.15) is 5.69 Å². The Hall–Kier alpha value is -1.04. The number of aliphatic imine (C=N–C) groups is 1. The summed E-state index contributed by atoms with van der Waals surface area (Å²) in [6.45, 7) is 0. The summed E-state index contributed by atoms with van der Waals surface area (Å²) in [5.74, 6) is -2.72. The molecule has 1 nitrogen and oxygen atoms in total. The monoisotopic (exact) mass is 693 g/mol. The van der Waals surface area contributed by atoms with E-state index >= 15 is 0 Å². The van der Waals surface area contributed by atoms with Crippen LogP contribution < -0.4 is 10.6 Å². The molecule has 0 aromatic heterocycles. The molecule has 0 saturated heterocycles. The molecule has 0 spiro atoms. The molecule has 220 valence electrons. The fraction of sp³-hybridized carbons (Fsp3) is 0.0938. The standard InChI is InChI=1S/C17H14P.C12H5F5N.3CH3.Al.Fe.Ni/c1-3-9-15(10-4-1)18(17-13-7-8-14-17)16-11-5-2-6-12-16;13-7-8(14)10(16)12(11(17)9(7)15)18-5-6-3-1-2-4-6;;;;;;/h1-14H;1-5H;3*1H3;;;/q;;;;;;+2;. The van der Waals surface area contributed by atoms with Gasteiger partial charge in [-0.2, -0.15) is 0 Å². The molecule has 5 rings (SSSR count). The quantitative estimate of drug-likeness (QED) is 0.0637. The molecule has 42 heavy (non-hydrogen) atoms. The summed E-state index contributed by atoms with van der Waals surface area (Å²) in [5, 5.41) is 2.81. The van der Waals surface area contributed by atoms with Gasteiger partial charge in [0.05, 0.1) is 0 Å². The first-order chi connectivity index (χ1) is 19.2. The zero-order valence-corrected chi connectivity index (χ0v) is 27.1. The molecule has 0 unspecified atom stereocenters. The number of hydrogen-bond acceptors (Lipinski definition) is 1. The van der Waals surface area contributed by atoms with Gasteiger partial charge in [0.25, 0.3) is 14.1 Å². The molecular weight excluding hydrogens is 666 g/mol. The van der Waals surface area contributed by atoms with Crippen molar-refractivity contribution in [3.05, 3.63) is 153 Å². The van der Waals surface area contributed by atoms with Crippen molar-refractivity contribution in [2.24, 2.45) is 4.99 Å². The number of benzene rings is 3. The smallest absolute Gasteiger partial charge is 0.254 e. The van der Waals surface area contributed by atoms with E-state index in [4.69, 9.17) is 0 Å². The second-order valence-corrected chi connectivity index (χ2v) is 15.0. The van der Waals surface area contributed by atoms with Crippen molar-refractivity contribution in [3.8, 4) is 0 Å². The zero-order chi connectivity index (χ0) is 29.1. The fourth-order valence-electron chi connectivity index (χ4n) is 3.43. The summed E-state index contributed by atoms with van der Waals surface area (Å²) in [6.07, 6.45) is 16.1. The van der Waals surface area contributed by atoms with Crippen LogP contribution in [-0.2, 0) is 33.6 Å². The first-order valence-electron chi connectivity index (χ1n) is 12.6. The summed E-state index contributed by atoms with van der Waals surface area (Å²) in [5.41, 5.74) is 0.218. The normalized spacial score (nSPS) is 14.9. The van der Waals surface area contributed by atoms with Gasteiger partial charge in [0.2, 0.25) is 5.82 Å². The van der Waals surface area contributed by atoms with Gasteiger partial charge in [0, 0.05) is 34.3 Å². The molecule has 0 N–H and O–H groups in total. The van der Waals surface area contributed by atoms with E-state index in [0.29, 0.717) is 5.92 Å². The maximum atomic E-state index is 13.2. The van der Waals surface area contributed by atoms with E-state index in [-0.39, 0.29) is 47.7 Å². The van der Waals surface area contributed by atoms with E-state index in [9.17, 15) is 22.0 Å². The second kappa shape index (κ2) is 20.1. The van der Waals surface area contributed by atoms with Gasteiger partial charge in [-0.05, 0) is 69.9 Å². The van der Waals surface area contributed by atoms with Crippen LogP contribution in [0.3, 0.4) is 0 Å². The van der Waals surface area contributed by atoms with Gasteiger partial charge in [0.15, 0.2) is 23.3 Å². The SMILES string of the molecule is Fc1c(F)c(F)c(N=C[C]2[CH][CH][CH][CH]2)c(F)c1F.[CH3][Al]([CH3])[CH3].[CH]1[CH][CH][C](P(c2ccccc2)c2ccccc2)[CH]1.[Fe+2].[Ni]. The van der Waals surface area contributed by atoms with Gasteiger partial charge in [-0.1, -0.05) is 60.7 Å². The summed E-state index contributed by atoms with van der Waals surface area (Å²) in [4.78, 5) is 3.29. The Balaban J connectivity index is 0.000000358. The van der Waals surface area contributed by atoms with Gasteiger partial charge >= 0.3 is 17.1 Å². The Bertz CT molecular complexity index is 1150. The van der Waals surface area contributed by atoms with Crippen LogP contribution in [0.5, 0.6) is 0 Å². The fourth-order valence-corrected chi connectivity index (χ4v) is 5.74. The van der Waals surface area contributed by atoms with Crippen molar-refractivity contribution in [2.45, 2.75) is 17.4 Å². The molecule has 0 heterocycles. The molecule has 0 atom stereocenters. The third-order valence-corrected chi connectivity index (χ3v) is 7.59. The van der Waals surface area contributed by atoms with Crippen molar-refractivity contribution in [1.82, 2.24) is 0 Å². The van der Waals surface area contributed by atoms with Crippen LogP contribution >= 0.6 is 7.92 Å². The Morgan fingerprint density at radius 2 is 0.952 bits per heavy atom. The molecule has 10 radical (unpaired) electrons. The predicted molar refractivity (Wildman–Crippen MR) is 158 cm³/mol. The van der Waals surface area contributed by atoms with Crippen molar-refractivity contribution < 1.29 is 55.5 Å². The predicted octanol–water partition coefficient (Wildman–Crippen LogP) is 8.34. The summed E-state index contributed by atoms with van der Waals surface area (Å²) >= 11 is -0.139. The minimum atomic E-state index is -2.20. The summed E-state index contributed by atoms with van der Waals surface area (Å²) < 4.78 is 64.8. The zero-order valence-electron chi connectivity index (χ0n) is 23.0. The van der Waals surface area contributed by atoms with Crippen LogP contribution in [0.4, 0.5) is 27.6 Å². The van der Waals surface area contributed by atoms with Crippen LogP contribution in [0.15, 0.2) is 65.7 Å². The molecule has 2 fully saturated rings. The maximum absolute atomic E-state index is 13.2. The molecule has 2 saturated carbocycles. The molecule has 10 heteroatoms. The Labute approximate surface area is 273 Å². The molecule has 0 aliphatic heterocycles. The van der Waals surface area contributed by atoms with Crippen molar-refractivity contribution in [3.63, 3.8) is 0 Å². The molecule has 2 aliphatic carbocycles. The van der Waals surface area contributed by atoms with Gasteiger partial charge < -0.3 is 0 Å². The third kappa shape index (κ3) is 11.5. The van der Waals surface area contributed by atoms with Gasteiger partial charge in [-0.25, -0.2) is 22.0 Å². The Morgan fingerprint density at radius 3 is 1.36 bits per heavy atom. The van der Waals surface area contributed by atoms with Crippen LogP contribution in [0.2, 0.25) is 17.4 Å². The van der Waals surface area contributed by atoms with E-state index in [2.05, 4.69) is 109 Å². The molecule has 3 aromatic rings. The average molecular weight is 694 g/mol. The molecule has 3 aromatic carbocycles. The molecule has 0 amide bonds. The first-order valence-corrected chi connectivity index (χ1v) is 17.4. The molecule has 2 aliphatic rings. The molecule has 0 bridgehead atoms. The van der Waals surface area contributed by atoms with E-state index in [0.717, 1.165) is 6.21 Å². The third-order valence-electron chi connectivity index (χ3n) is 5.15. The number of halogens is 5. The molecular formula is C32H28AlF5FeNNiP+2. The largest absolute Gasteiger partial charge is 2.00 e. The van der Waals surface area contributed by atoms with Crippen molar-refractivity contribution in [1.29, 1.82) is 0 Å². The van der Waals surface area contributed by atoms with Gasteiger partial charge in [-0.3, -0.25) is 4.99 Å². The van der Waals surface area contributed by atoms with Gasteiger partial charge in [-0.15, -0.1) is 17.4 Å². The average Bonchev–Trinajstić information content (AvgIpc) is 3.68. The first kappa shape index (κ1) is 39.0. The van der Waals surface area contributed by atoms with Crippen LogP contribution in [0, 0.1) is 92.0 Å². The van der Waals surface area contributed by atoms with E-state index in [1.165, 1.54) is 16.3 Å². The van der Waals surface area contributed by atoms with Crippen LogP contribution in [-0.4, -0.2) is 20.4 Å². The van der Waals surface area contributed by atoms with E-state index < -0.39 is 42.7 Å². The van der Waals surface area contributed by atoms with E-state index in [1.807, 2.05) is 0 Å². The minimum Gasteiger partial charge on any atom is -0.254 e. The Kier molecular flexibility index (Phi) is 18.6. The number of nitrogens with zero attached hydrogens (tertiary/aromatic N) is 1. The maximum Gasteiger partial charge on any atom is 2.00 e. The Morgan fingerprint density at radius 1 is 0.595 bits per heavy atom. The van der Waals surface area contributed by atoms with Crippen molar-refractivity contribution in [2.75, 3.05) is 0 Å². The second-order valence-electron chi connectivity index (χ2n) is 9.28. The minimum absolute atomic E-state index is 0. The van der Waals surface area contributed by atoms with Crippen LogP contribution in [0.25, 0.3) is 0 Å². The number of hydrogen-bond donors (Lipinski definition) is 0. The topological polar surface area (TPSA) is 12.4 Å². The van der Waals surface area contributed by atoms with Crippen LogP contribution in [0.1, 0.15) is 0 Å². The van der Waals surface area contributed by atoms with Crippen molar-refractivity contribution >= 4 is 44.6 Å². The summed E-state index contributed by atoms with van der Waals surface area (Å²) in [6, 6.07) is 21.6. The number of rotatable bonds is 5.